The zero-order valence-electron chi connectivity index (χ0n) is 10.2. The molecule has 0 aromatic carbocycles. The van der Waals surface area contributed by atoms with E-state index in [1.165, 1.54) is 0 Å². The van der Waals surface area contributed by atoms with Crippen molar-refractivity contribution in [3.63, 3.8) is 0 Å². The summed E-state index contributed by atoms with van der Waals surface area (Å²) < 4.78 is 0. The number of carboxylic acids is 1. The number of nitrogens with zero attached hydrogens (tertiary/aromatic N) is 1. The van der Waals surface area contributed by atoms with Crippen LogP contribution in [0.25, 0.3) is 0 Å². The van der Waals surface area contributed by atoms with Gasteiger partial charge in [0.05, 0.1) is 5.92 Å². The van der Waals surface area contributed by atoms with E-state index in [1.54, 1.807) is 18.7 Å². The standard InChI is InChI=1S/C11H23NO2S/c1-5-12(6-2)7-8-15-10(4)9(3)11(13)14/h9-10H,5-8H2,1-4H3,(H,13,14). The first-order valence-corrected chi connectivity index (χ1v) is 6.64. The molecule has 0 aromatic rings. The summed E-state index contributed by atoms with van der Waals surface area (Å²) in [7, 11) is 0. The highest BCUT2D eigenvalue weighted by molar-refractivity contribution is 7.99. The monoisotopic (exact) mass is 233 g/mol. The Morgan fingerprint density at radius 2 is 1.87 bits per heavy atom. The molecule has 0 fully saturated rings. The molecular formula is C11H23NO2S. The van der Waals surface area contributed by atoms with Crippen LogP contribution in [0.2, 0.25) is 0 Å². The third-order valence-electron chi connectivity index (χ3n) is 2.78. The van der Waals surface area contributed by atoms with Crippen LogP contribution in [0.15, 0.2) is 0 Å². The van der Waals surface area contributed by atoms with Crippen molar-refractivity contribution in [3.8, 4) is 0 Å². The Bertz CT molecular complexity index is 183. The highest BCUT2D eigenvalue weighted by atomic mass is 32.2. The molecule has 0 radical (unpaired) electrons. The maximum Gasteiger partial charge on any atom is 0.307 e. The zero-order chi connectivity index (χ0) is 11.8. The molecule has 0 aromatic heterocycles. The number of thioether (sulfide) groups is 1. The first kappa shape index (κ1) is 14.8. The summed E-state index contributed by atoms with van der Waals surface area (Å²) in [6.07, 6.45) is 0. The van der Waals surface area contributed by atoms with Crippen molar-refractivity contribution in [3.05, 3.63) is 0 Å². The molecule has 4 heteroatoms. The number of rotatable bonds is 8. The van der Waals surface area contributed by atoms with Crippen molar-refractivity contribution < 1.29 is 9.90 Å². The lowest BCUT2D eigenvalue weighted by molar-refractivity contribution is -0.140. The third kappa shape index (κ3) is 6.05. The Hall–Kier alpha value is -0.220. The van der Waals surface area contributed by atoms with Crippen LogP contribution < -0.4 is 0 Å². The van der Waals surface area contributed by atoms with E-state index in [-0.39, 0.29) is 11.2 Å². The van der Waals surface area contributed by atoms with E-state index < -0.39 is 5.97 Å². The second-order valence-electron chi connectivity index (χ2n) is 3.73. The van der Waals surface area contributed by atoms with Crippen LogP contribution in [-0.4, -0.2) is 46.6 Å². The van der Waals surface area contributed by atoms with Crippen molar-refractivity contribution in [2.24, 2.45) is 5.92 Å². The van der Waals surface area contributed by atoms with Gasteiger partial charge in [0.2, 0.25) is 0 Å². The lowest BCUT2D eigenvalue weighted by Crippen LogP contribution is -2.27. The molecule has 0 bridgehead atoms. The molecule has 0 aliphatic rings. The molecule has 1 N–H and O–H groups in total. The Labute approximate surface area is 97.2 Å². The van der Waals surface area contributed by atoms with E-state index >= 15 is 0 Å². The first-order valence-electron chi connectivity index (χ1n) is 5.59. The largest absolute Gasteiger partial charge is 0.481 e. The minimum atomic E-state index is -0.696. The summed E-state index contributed by atoms with van der Waals surface area (Å²) in [6, 6.07) is 0. The fourth-order valence-corrected chi connectivity index (χ4v) is 2.39. The molecule has 3 nitrogen and oxygen atoms in total. The number of carbonyl (C=O) groups is 1. The molecule has 2 unspecified atom stereocenters. The highest BCUT2D eigenvalue weighted by Gasteiger charge is 2.19. The molecule has 2 atom stereocenters. The van der Waals surface area contributed by atoms with Crippen molar-refractivity contribution in [1.82, 2.24) is 4.90 Å². The second kappa shape index (κ2) is 7.99. The molecule has 0 amide bonds. The molecule has 15 heavy (non-hydrogen) atoms. The lowest BCUT2D eigenvalue weighted by Gasteiger charge is -2.20. The third-order valence-corrected chi connectivity index (χ3v) is 4.13. The van der Waals surface area contributed by atoms with Gasteiger partial charge in [-0.15, -0.1) is 0 Å². The number of hydrogen-bond donors (Lipinski definition) is 1. The number of hydrogen-bond acceptors (Lipinski definition) is 3. The maximum absolute atomic E-state index is 10.7. The van der Waals surface area contributed by atoms with Gasteiger partial charge in [0.15, 0.2) is 0 Å². The average molecular weight is 233 g/mol. The van der Waals surface area contributed by atoms with Gasteiger partial charge in [-0.1, -0.05) is 27.7 Å². The van der Waals surface area contributed by atoms with Gasteiger partial charge in [-0.05, 0) is 13.1 Å². The Morgan fingerprint density at radius 1 is 1.33 bits per heavy atom. The van der Waals surface area contributed by atoms with Crippen LogP contribution in [0.5, 0.6) is 0 Å². The van der Waals surface area contributed by atoms with Crippen LogP contribution in [0, 0.1) is 5.92 Å². The van der Waals surface area contributed by atoms with Gasteiger partial charge in [-0.3, -0.25) is 4.79 Å². The maximum atomic E-state index is 10.7. The summed E-state index contributed by atoms with van der Waals surface area (Å²) >= 11 is 1.75. The van der Waals surface area contributed by atoms with E-state index in [9.17, 15) is 4.79 Å². The first-order chi connectivity index (χ1) is 7.02. The zero-order valence-corrected chi connectivity index (χ0v) is 11.0. The van der Waals surface area contributed by atoms with Crippen LogP contribution in [-0.2, 0) is 4.79 Å². The van der Waals surface area contributed by atoms with Gasteiger partial charge in [0.25, 0.3) is 0 Å². The van der Waals surface area contributed by atoms with Gasteiger partial charge in [0, 0.05) is 17.5 Å². The quantitative estimate of drug-likeness (QED) is 0.697. The molecule has 0 aliphatic heterocycles. The smallest absolute Gasteiger partial charge is 0.307 e. The van der Waals surface area contributed by atoms with Crippen molar-refractivity contribution in [2.45, 2.75) is 32.9 Å². The molecule has 0 saturated carbocycles. The molecule has 0 rings (SSSR count). The summed E-state index contributed by atoms with van der Waals surface area (Å²) in [4.78, 5) is 13.1. The SMILES string of the molecule is CCN(CC)CCSC(C)C(C)C(=O)O. The Morgan fingerprint density at radius 3 is 2.27 bits per heavy atom. The highest BCUT2D eigenvalue weighted by Crippen LogP contribution is 2.19. The van der Waals surface area contributed by atoms with E-state index in [0.29, 0.717) is 0 Å². The van der Waals surface area contributed by atoms with Crippen molar-refractivity contribution in [2.75, 3.05) is 25.4 Å². The van der Waals surface area contributed by atoms with Gasteiger partial charge < -0.3 is 10.0 Å². The molecule has 0 saturated heterocycles. The van der Waals surface area contributed by atoms with Crippen LogP contribution >= 0.6 is 11.8 Å². The van der Waals surface area contributed by atoms with E-state index in [1.807, 2.05) is 6.92 Å². The normalized spacial score (nSPS) is 15.3. The summed E-state index contributed by atoms with van der Waals surface area (Å²) in [6.45, 7) is 11.3. The Balaban J connectivity index is 3.71. The van der Waals surface area contributed by atoms with Gasteiger partial charge in [-0.2, -0.15) is 11.8 Å². The van der Waals surface area contributed by atoms with Crippen LogP contribution in [0.1, 0.15) is 27.7 Å². The van der Waals surface area contributed by atoms with E-state index in [4.69, 9.17) is 5.11 Å². The fourth-order valence-electron chi connectivity index (χ4n) is 1.25. The minimum Gasteiger partial charge on any atom is -0.481 e. The van der Waals surface area contributed by atoms with Crippen molar-refractivity contribution in [1.29, 1.82) is 0 Å². The van der Waals surface area contributed by atoms with Crippen LogP contribution in [0.4, 0.5) is 0 Å². The molecular weight excluding hydrogens is 210 g/mol. The minimum absolute atomic E-state index is 0.193. The Kier molecular flexibility index (Phi) is 7.88. The van der Waals surface area contributed by atoms with Gasteiger partial charge in [0.1, 0.15) is 0 Å². The van der Waals surface area contributed by atoms with Crippen LogP contribution in [0.3, 0.4) is 0 Å². The fraction of sp³-hybridized carbons (Fsp3) is 0.909. The lowest BCUT2D eigenvalue weighted by atomic mass is 10.1. The second-order valence-corrected chi connectivity index (χ2v) is 5.21. The van der Waals surface area contributed by atoms with Gasteiger partial charge in [-0.25, -0.2) is 0 Å². The molecule has 0 heterocycles. The predicted molar refractivity (Wildman–Crippen MR) is 66.5 cm³/mol. The topological polar surface area (TPSA) is 40.5 Å². The average Bonchev–Trinajstić information content (AvgIpc) is 2.22. The summed E-state index contributed by atoms with van der Waals surface area (Å²) in [5, 5.41) is 9.02. The summed E-state index contributed by atoms with van der Waals surface area (Å²) in [5.41, 5.74) is 0. The van der Waals surface area contributed by atoms with Crippen molar-refractivity contribution >= 4 is 17.7 Å². The van der Waals surface area contributed by atoms with E-state index in [0.717, 1.165) is 25.4 Å². The molecule has 0 aliphatic carbocycles. The predicted octanol–water partition coefficient (Wildman–Crippen LogP) is 2.17. The van der Waals surface area contributed by atoms with Gasteiger partial charge >= 0.3 is 5.97 Å². The number of aliphatic carboxylic acids is 1. The summed E-state index contributed by atoms with van der Waals surface area (Å²) in [5.74, 6) is 0.0602. The number of carboxylic acid groups (broad SMARTS) is 1. The molecule has 0 spiro atoms. The molecule has 90 valence electrons. The van der Waals surface area contributed by atoms with E-state index in [2.05, 4.69) is 18.7 Å².